The van der Waals surface area contributed by atoms with Crippen molar-refractivity contribution in [2.75, 3.05) is 18.5 Å². The molecule has 1 aliphatic carbocycles. The second kappa shape index (κ2) is 9.54. The van der Waals surface area contributed by atoms with Crippen LogP contribution in [0, 0.1) is 5.92 Å². The maximum atomic E-state index is 13.6. The molecule has 8 nitrogen and oxygen atoms in total. The zero-order chi connectivity index (χ0) is 23.7. The molecule has 1 aliphatic heterocycles. The second-order valence-corrected chi connectivity index (χ2v) is 9.40. The molecule has 8 heteroatoms. The lowest BCUT2D eigenvalue weighted by Gasteiger charge is -2.35. The fourth-order valence-electron chi connectivity index (χ4n) is 5.12. The zero-order valence-electron chi connectivity index (χ0n) is 19.5. The van der Waals surface area contributed by atoms with E-state index in [9.17, 15) is 14.7 Å². The Labute approximate surface area is 199 Å². The number of aryl methyl sites for hydroxylation is 1. The summed E-state index contributed by atoms with van der Waals surface area (Å²) in [6.45, 7) is 0.738. The van der Waals surface area contributed by atoms with Crippen molar-refractivity contribution >= 4 is 28.5 Å². The van der Waals surface area contributed by atoms with Crippen LogP contribution in [0.25, 0.3) is 22.4 Å². The van der Waals surface area contributed by atoms with Crippen molar-refractivity contribution in [1.29, 1.82) is 0 Å². The van der Waals surface area contributed by atoms with E-state index < -0.39 is 0 Å². The first-order chi connectivity index (χ1) is 16.6. The Balaban J connectivity index is 1.58. The van der Waals surface area contributed by atoms with Crippen LogP contribution in [0.3, 0.4) is 0 Å². The van der Waals surface area contributed by atoms with Crippen LogP contribution in [0.5, 0.6) is 0 Å². The quantitative estimate of drug-likeness (QED) is 0.582. The van der Waals surface area contributed by atoms with Crippen LogP contribution in [0.2, 0.25) is 0 Å². The monoisotopic (exact) mass is 461 g/mol. The number of nitrogens with zero attached hydrogens (tertiary/aromatic N) is 4. The number of carbonyl (C=O) groups excluding carboxylic acids is 2. The summed E-state index contributed by atoms with van der Waals surface area (Å²) >= 11 is 0. The van der Waals surface area contributed by atoms with Gasteiger partial charge in [0.25, 0.3) is 5.91 Å². The standard InChI is InChI=1S/C26H31N5O3/c1-30-23-21(28-24(30)17-8-11-27-12-9-17)15-19(16-22(23)29-25(33)18-5-4-6-18)26(34)31-13-3-2-7-20(31)10-14-32/h8-9,11-12,15-16,18,20,32H,2-7,10,13-14H2,1H3,(H,29,33). The van der Waals surface area contributed by atoms with E-state index in [-0.39, 0.29) is 30.4 Å². The van der Waals surface area contributed by atoms with Crippen LogP contribution in [0.15, 0.2) is 36.7 Å². The molecule has 3 aromatic rings. The third kappa shape index (κ3) is 4.18. The lowest BCUT2D eigenvalue weighted by Crippen LogP contribution is -2.44. The number of benzene rings is 1. The van der Waals surface area contributed by atoms with Crippen molar-refractivity contribution in [3.05, 3.63) is 42.2 Å². The number of nitrogens with one attached hydrogen (secondary N) is 1. The number of anilines is 1. The molecule has 2 aliphatic rings. The van der Waals surface area contributed by atoms with Crippen molar-refractivity contribution in [3.63, 3.8) is 0 Å². The number of pyridine rings is 1. The number of amides is 2. The van der Waals surface area contributed by atoms with E-state index in [1.807, 2.05) is 34.7 Å². The summed E-state index contributed by atoms with van der Waals surface area (Å²) in [7, 11) is 1.92. The Hall–Kier alpha value is -3.26. The predicted molar refractivity (Wildman–Crippen MR) is 130 cm³/mol. The highest BCUT2D eigenvalue weighted by Crippen LogP contribution is 2.33. The van der Waals surface area contributed by atoms with Crippen LogP contribution in [0.1, 0.15) is 55.3 Å². The highest BCUT2D eigenvalue weighted by atomic mass is 16.3. The highest BCUT2D eigenvalue weighted by molar-refractivity contribution is 6.06. The van der Waals surface area contributed by atoms with Gasteiger partial charge in [0.15, 0.2) is 0 Å². The summed E-state index contributed by atoms with van der Waals surface area (Å²) in [4.78, 5) is 37.3. The smallest absolute Gasteiger partial charge is 0.254 e. The van der Waals surface area contributed by atoms with E-state index in [1.165, 1.54) is 0 Å². The second-order valence-electron chi connectivity index (χ2n) is 9.40. The van der Waals surface area contributed by atoms with Crippen molar-refractivity contribution in [3.8, 4) is 11.4 Å². The molecular formula is C26H31N5O3. The maximum absolute atomic E-state index is 13.6. The molecule has 0 bridgehead atoms. The Kier molecular flexibility index (Phi) is 6.32. The number of piperidine rings is 1. The summed E-state index contributed by atoms with van der Waals surface area (Å²) in [5.74, 6) is 0.700. The van der Waals surface area contributed by atoms with Crippen molar-refractivity contribution < 1.29 is 14.7 Å². The number of aliphatic hydroxyl groups excluding tert-OH is 1. The Morgan fingerprint density at radius 1 is 1.12 bits per heavy atom. The summed E-state index contributed by atoms with van der Waals surface area (Å²) in [6.07, 6.45) is 9.81. The molecule has 34 heavy (non-hydrogen) atoms. The van der Waals surface area contributed by atoms with Crippen LogP contribution >= 0.6 is 0 Å². The van der Waals surface area contributed by atoms with Crippen LogP contribution < -0.4 is 5.32 Å². The molecule has 2 aromatic heterocycles. The Morgan fingerprint density at radius 2 is 1.91 bits per heavy atom. The van der Waals surface area contributed by atoms with Gasteiger partial charge in [0, 0.05) is 55.7 Å². The van der Waals surface area contributed by atoms with Crippen LogP contribution in [-0.4, -0.2) is 55.5 Å². The number of likely N-dealkylation sites (tertiary alicyclic amines) is 1. The van der Waals surface area contributed by atoms with Gasteiger partial charge in [-0.1, -0.05) is 6.42 Å². The third-order valence-corrected chi connectivity index (χ3v) is 7.24. The number of aliphatic hydroxyl groups is 1. The topological polar surface area (TPSA) is 100 Å². The first kappa shape index (κ1) is 22.5. The summed E-state index contributed by atoms with van der Waals surface area (Å²) < 4.78 is 1.96. The fourth-order valence-corrected chi connectivity index (χ4v) is 5.12. The number of hydrogen-bond donors (Lipinski definition) is 2. The minimum atomic E-state index is -0.0738. The average molecular weight is 462 g/mol. The average Bonchev–Trinajstić information content (AvgIpc) is 3.15. The summed E-state index contributed by atoms with van der Waals surface area (Å²) in [6, 6.07) is 7.45. The van der Waals surface area contributed by atoms with Gasteiger partial charge >= 0.3 is 0 Å². The molecule has 2 fully saturated rings. The van der Waals surface area contributed by atoms with Gasteiger partial charge in [-0.25, -0.2) is 4.98 Å². The number of rotatable bonds is 6. The molecule has 2 amide bonds. The number of hydrogen-bond acceptors (Lipinski definition) is 5. The molecule has 5 rings (SSSR count). The van der Waals surface area contributed by atoms with E-state index >= 15 is 0 Å². The van der Waals surface area contributed by atoms with Crippen molar-refractivity contribution in [2.45, 2.75) is 51.0 Å². The zero-order valence-corrected chi connectivity index (χ0v) is 19.5. The molecule has 1 unspecified atom stereocenters. The molecule has 0 spiro atoms. The molecule has 178 valence electrons. The van der Waals surface area contributed by atoms with E-state index in [2.05, 4.69) is 10.3 Å². The largest absolute Gasteiger partial charge is 0.396 e. The van der Waals surface area contributed by atoms with Gasteiger partial charge in [0.1, 0.15) is 5.82 Å². The molecule has 2 N–H and O–H groups in total. The number of imidazole rings is 1. The molecule has 3 heterocycles. The first-order valence-electron chi connectivity index (χ1n) is 12.2. The lowest BCUT2D eigenvalue weighted by atomic mass is 9.85. The van der Waals surface area contributed by atoms with Gasteiger partial charge in [-0.15, -0.1) is 0 Å². The van der Waals surface area contributed by atoms with Gasteiger partial charge in [0.05, 0.1) is 16.7 Å². The van der Waals surface area contributed by atoms with Crippen molar-refractivity contribution in [1.82, 2.24) is 19.4 Å². The molecule has 0 radical (unpaired) electrons. The van der Waals surface area contributed by atoms with E-state index in [1.54, 1.807) is 18.5 Å². The lowest BCUT2D eigenvalue weighted by molar-refractivity contribution is -0.122. The van der Waals surface area contributed by atoms with Gasteiger partial charge in [-0.05, 0) is 62.8 Å². The normalized spacial score (nSPS) is 18.6. The van der Waals surface area contributed by atoms with Crippen LogP contribution in [0.4, 0.5) is 5.69 Å². The minimum absolute atomic E-state index is 0.0000559. The summed E-state index contributed by atoms with van der Waals surface area (Å²) in [5, 5.41) is 12.6. The van der Waals surface area contributed by atoms with Gasteiger partial charge < -0.3 is 19.9 Å². The summed E-state index contributed by atoms with van der Waals surface area (Å²) in [5.41, 5.74) is 3.50. The molecule has 1 atom stereocenters. The highest BCUT2D eigenvalue weighted by Gasteiger charge is 2.30. The van der Waals surface area contributed by atoms with Crippen LogP contribution in [-0.2, 0) is 11.8 Å². The molecule has 1 saturated carbocycles. The number of fused-ring (bicyclic) bond motifs is 1. The van der Waals surface area contributed by atoms with Gasteiger partial charge in [0.2, 0.25) is 5.91 Å². The fraction of sp³-hybridized carbons (Fsp3) is 0.462. The molecule has 1 saturated heterocycles. The minimum Gasteiger partial charge on any atom is -0.396 e. The predicted octanol–water partition coefficient (Wildman–Crippen LogP) is 3.75. The Bertz CT molecular complexity index is 1200. The van der Waals surface area contributed by atoms with Gasteiger partial charge in [-0.2, -0.15) is 0 Å². The SMILES string of the molecule is Cn1c(-c2ccncc2)nc2cc(C(=O)N3CCCCC3CCO)cc(NC(=O)C3CCC3)c21. The third-order valence-electron chi connectivity index (χ3n) is 7.24. The van der Waals surface area contributed by atoms with E-state index in [4.69, 9.17) is 4.98 Å². The van der Waals surface area contributed by atoms with E-state index in [0.717, 1.165) is 55.4 Å². The van der Waals surface area contributed by atoms with Gasteiger partial charge in [-0.3, -0.25) is 14.6 Å². The maximum Gasteiger partial charge on any atom is 0.254 e. The molecular weight excluding hydrogens is 430 g/mol. The first-order valence-corrected chi connectivity index (χ1v) is 12.2. The van der Waals surface area contributed by atoms with Crippen molar-refractivity contribution in [2.24, 2.45) is 13.0 Å². The number of aromatic nitrogens is 3. The number of carbonyl (C=O) groups is 2. The van der Waals surface area contributed by atoms with E-state index in [0.29, 0.717) is 29.7 Å². The Morgan fingerprint density at radius 3 is 2.62 bits per heavy atom. The molecule has 1 aromatic carbocycles.